The smallest absolute Gasteiger partial charge is 0.310 e. The number of carbonyl (C=O) groups is 1. The van der Waals surface area contributed by atoms with E-state index in [0.29, 0.717) is 13.2 Å². The molecule has 0 radical (unpaired) electrons. The largest absolute Gasteiger partial charge is 0.466 e. The van der Waals surface area contributed by atoms with E-state index in [9.17, 15) is 4.79 Å². The van der Waals surface area contributed by atoms with Crippen LogP contribution in [-0.2, 0) is 9.53 Å². The Labute approximate surface area is 84.8 Å². The van der Waals surface area contributed by atoms with Crippen molar-refractivity contribution in [3.05, 3.63) is 0 Å². The monoisotopic (exact) mass is 208 g/mol. The van der Waals surface area contributed by atoms with Gasteiger partial charge in [-0.3, -0.25) is 10.6 Å². The van der Waals surface area contributed by atoms with Crippen LogP contribution < -0.4 is 5.84 Å². The van der Waals surface area contributed by atoms with Crippen molar-refractivity contribution in [2.24, 2.45) is 11.8 Å². The Bertz CT molecular complexity index is 166. The molecule has 0 aromatic rings. The highest BCUT2D eigenvalue weighted by atomic mass is 35.5. The maximum atomic E-state index is 11.2. The van der Waals surface area contributed by atoms with Gasteiger partial charge in [-0.1, -0.05) is 0 Å². The van der Waals surface area contributed by atoms with E-state index in [4.69, 9.17) is 10.6 Å². The van der Waals surface area contributed by atoms with Crippen molar-refractivity contribution in [2.45, 2.75) is 19.8 Å². The molecule has 1 aliphatic heterocycles. The number of esters is 1. The summed E-state index contributed by atoms with van der Waals surface area (Å²) < 4.78 is 4.91. The zero-order valence-electron chi connectivity index (χ0n) is 7.86. The Morgan fingerprint density at radius 2 is 2.38 bits per heavy atom. The third-order valence-electron chi connectivity index (χ3n) is 2.07. The summed E-state index contributed by atoms with van der Waals surface area (Å²) in [6.07, 6.45) is 1.90. The fraction of sp³-hybridized carbons (Fsp3) is 0.875. The molecule has 13 heavy (non-hydrogen) atoms. The van der Waals surface area contributed by atoms with E-state index >= 15 is 0 Å². The van der Waals surface area contributed by atoms with Crippen LogP contribution in [0.1, 0.15) is 19.8 Å². The minimum absolute atomic E-state index is 0. The Kier molecular flexibility index (Phi) is 6.03. The molecule has 1 fully saturated rings. The average Bonchev–Trinajstić information content (AvgIpc) is 2.05. The quantitative estimate of drug-likeness (QED) is 0.532. The SMILES string of the molecule is CCOC(=O)[C@@H]1CCCN(N)C1.Cl. The number of nitrogens with two attached hydrogens (primary N) is 1. The molecule has 1 saturated heterocycles. The molecule has 1 atom stereocenters. The third kappa shape index (κ3) is 3.93. The Balaban J connectivity index is 0.00000144. The summed E-state index contributed by atoms with van der Waals surface area (Å²) >= 11 is 0. The van der Waals surface area contributed by atoms with Gasteiger partial charge in [0.25, 0.3) is 0 Å². The van der Waals surface area contributed by atoms with E-state index in [1.165, 1.54) is 0 Å². The summed E-state index contributed by atoms with van der Waals surface area (Å²) in [5.41, 5.74) is 0. The summed E-state index contributed by atoms with van der Waals surface area (Å²) in [5.74, 6) is 5.47. The van der Waals surface area contributed by atoms with Crippen LogP contribution in [0.2, 0.25) is 0 Å². The minimum atomic E-state index is -0.104. The molecule has 2 N–H and O–H groups in total. The van der Waals surface area contributed by atoms with E-state index in [-0.39, 0.29) is 24.3 Å². The Morgan fingerprint density at radius 1 is 1.69 bits per heavy atom. The minimum Gasteiger partial charge on any atom is -0.466 e. The van der Waals surface area contributed by atoms with E-state index < -0.39 is 0 Å². The number of piperidine rings is 1. The topological polar surface area (TPSA) is 55.6 Å². The fourth-order valence-electron chi connectivity index (χ4n) is 1.46. The van der Waals surface area contributed by atoms with Crippen LogP contribution in [0.3, 0.4) is 0 Å². The molecule has 1 rings (SSSR count). The first-order valence-corrected chi connectivity index (χ1v) is 4.40. The maximum Gasteiger partial charge on any atom is 0.310 e. The standard InChI is InChI=1S/C8H16N2O2.ClH/c1-2-12-8(11)7-4-3-5-10(9)6-7;/h7H,2-6,9H2,1H3;1H/t7-;/m1./s1. The van der Waals surface area contributed by atoms with Crippen LogP contribution in [0.15, 0.2) is 0 Å². The third-order valence-corrected chi connectivity index (χ3v) is 2.07. The van der Waals surface area contributed by atoms with Gasteiger partial charge in [0, 0.05) is 13.1 Å². The van der Waals surface area contributed by atoms with Gasteiger partial charge in [0.2, 0.25) is 0 Å². The number of carbonyl (C=O) groups excluding carboxylic acids is 1. The predicted octanol–water partition coefficient (Wildman–Crippen LogP) is 0.557. The molecular formula is C8H17ClN2O2. The molecule has 0 spiro atoms. The molecule has 0 aliphatic carbocycles. The van der Waals surface area contributed by atoms with Crippen LogP contribution in [0.25, 0.3) is 0 Å². The van der Waals surface area contributed by atoms with Gasteiger partial charge in [-0.15, -0.1) is 12.4 Å². The molecule has 0 aromatic heterocycles. The van der Waals surface area contributed by atoms with Gasteiger partial charge in [0.15, 0.2) is 0 Å². The summed E-state index contributed by atoms with van der Waals surface area (Å²) in [6, 6.07) is 0. The van der Waals surface area contributed by atoms with E-state index in [2.05, 4.69) is 0 Å². The zero-order valence-corrected chi connectivity index (χ0v) is 8.68. The number of halogens is 1. The first-order valence-electron chi connectivity index (χ1n) is 4.40. The van der Waals surface area contributed by atoms with Crippen LogP contribution >= 0.6 is 12.4 Å². The fourth-order valence-corrected chi connectivity index (χ4v) is 1.46. The van der Waals surface area contributed by atoms with Gasteiger partial charge in [0.05, 0.1) is 12.5 Å². The van der Waals surface area contributed by atoms with Crippen molar-refractivity contribution >= 4 is 18.4 Å². The predicted molar refractivity (Wildman–Crippen MR) is 52.4 cm³/mol. The number of hydrogen-bond donors (Lipinski definition) is 1. The summed E-state index contributed by atoms with van der Waals surface area (Å²) in [7, 11) is 0. The maximum absolute atomic E-state index is 11.2. The first kappa shape index (κ1) is 12.7. The van der Waals surface area contributed by atoms with Crippen LogP contribution in [0.5, 0.6) is 0 Å². The van der Waals surface area contributed by atoms with E-state index in [1.54, 1.807) is 5.01 Å². The Hall–Kier alpha value is -0.320. The molecule has 4 nitrogen and oxygen atoms in total. The van der Waals surface area contributed by atoms with Gasteiger partial charge in [-0.25, -0.2) is 5.01 Å². The van der Waals surface area contributed by atoms with E-state index in [1.807, 2.05) is 6.92 Å². The number of nitrogens with zero attached hydrogens (tertiary/aromatic N) is 1. The van der Waals surface area contributed by atoms with Crippen LogP contribution in [0, 0.1) is 5.92 Å². The zero-order chi connectivity index (χ0) is 8.97. The molecule has 78 valence electrons. The molecule has 0 unspecified atom stereocenters. The van der Waals surface area contributed by atoms with Gasteiger partial charge in [-0.05, 0) is 19.8 Å². The van der Waals surface area contributed by atoms with Crippen molar-refractivity contribution in [3.8, 4) is 0 Å². The van der Waals surface area contributed by atoms with Crippen molar-refractivity contribution in [1.29, 1.82) is 0 Å². The number of ether oxygens (including phenoxy) is 1. The summed E-state index contributed by atoms with van der Waals surface area (Å²) in [6.45, 7) is 3.80. The number of rotatable bonds is 2. The molecule has 1 heterocycles. The molecule has 0 bridgehead atoms. The lowest BCUT2D eigenvalue weighted by Crippen LogP contribution is -2.43. The summed E-state index contributed by atoms with van der Waals surface area (Å²) in [5, 5.41) is 1.69. The second-order valence-corrected chi connectivity index (χ2v) is 3.09. The molecule has 1 aliphatic rings. The molecule has 0 aromatic carbocycles. The Morgan fingerprint density at radius 3 is 2.92 bits per heavy atom. The lowest BCUT2D eigenvalue weighted by molar-refractivity contribution is -0.149. The second-order valence-electron chi connectivity index (χ2n) is 3.09. The van der Waals surface area contributed by atoms with Crippen LogP contribution in [0.4, 0.5) is 0 Å². The number of hydrogen-bond acceptors (Lipinski definition) is 4. The van der Waals surface area contributed by atoms with E-state index in [0.717, 1.165) is 19.4 Å². The van der Waals surface area contributed by atoms with Gasteiger partial charge in [0.1, 0.15) is 0 Å². The van der Waals surface area contributed by atoms with Crippen molar-refractivity contribution < 1.29 is 9.53 Å². The molecule has 0 saturated carbocycles. The summed E-state index contributed by atoms with van der Waals surface area (Å²) in [4.78, 5) is 11.2. The highest BCUT2D eigenvalue weighted by Crippen LogP contribution is 2.15. The number of hydrazine groups is 1. The van der Waals surface area contributed by atoms with Crippen molar-refractivity contribution in [2.75, 3.05) is 19.7 Å². The normalized spacial score (nSPS) is 23.4. The molecular weight excluding hydrogens is 192 g/mol. The van der Waals surface area contributed by atoms with Gasteiger partial charge in [-0.2, -0.15) is 0 Å². The average molecular weight is 209 g/mol. The lowest BCUT2D eigenvalue weighted by Gasteiger charge is -2.27. The molecule has 5 heteroatoms. The van der Waals surface area contributed by atoms with Crippen molar-refractivity contribution in [1.82, 2.24) is 5.01 Å². The lowest BCUT2D eigenvalue weighted by atomic mass is 10.00. The highest BCUT2D eigenvalue weighted by Gasteiger charge is 2.24. The van der Waals surface area contributed by atoms with Crippen LogP contribution in [-0.4, -0.2) is 30.7 Å². The first-order chi connectivity index (χ1) is 5.74. The highest BCUT2D eigenvalue weighted by molar-refractivity contribution is 5.85. The van der Waals surface area contributed by atoms with Gasteiger partial charge < -0.3 is 4.74 Å². The van der Waals surface area contributed by atoms with Gasteiger partial charge >= 0.3 is 5.97 Å². The molecule has 0 amide bonds. The second kappa shape index (κ2) is 6.18. The van der Waals surface area contributed by atoms with Crippen molar-refractivity contribution in [3.63, 3.8) is 0 Å².